The van der Waals surface area contributed by atoms with Gasteiger partial charge in [-0.2, -0.15) is 0 Å². The number of rotatable bonds is 7. The third-order valence-electron chi connectivity index (χ3n) is 5.73. The summed E-state index contributed by atoms with van der Waals surface area (Å²) in [6.45, 7) is 8.68. The minimum atomic E-state index is -0.568. The van der Waals surface area contributed by atoms with Gasteiger partial charge in [-0.25, -0.2) is 19.9 Å². The highest BCUT2D eigenvalue weighted by atomic mass is 16.5. The van der Waals surface area contributed by atoms with Crippen LogP contribution in [0, 0.1) is 19.8 Å². The highest BCUT2D eigenvalue weighted by Crippen LogP contribution is 2.28. The van der Waals surface area contributed by atoms with Crippen molar-refractivity contribution in [3.05, 3.63) is 30.5 Å². The summed E-state index contributed by atoms with van der Waals surface area (Å²) in [5, 5.41) is 3.39. The summed E-state index contributed by atoms with van der Waals surface area (Å²) in [5.41, 5.74) is 2.96. The first-order valence-corrected chi connectivity index (χ1v) is 11.2. The number of anilines is 1. The zero-order chi connectivity index (χ0) is 24.7. The molecule has 1 N–H and O–H groups in total. The second kappa shape index (κ2) is 11.5. The van der Waals surface area contributed by atoms with Gasteiger partial charge in [-0.1, -0.05) is 0 Å². The molecule has 1 saturated heterocycles. The van der Waals surface area contributed by atoms with E-state index in [-0.39, 0.29) is 12.0 Å². The van der Waals surface area contributed by atoms with Gasteiger partial charge in [-0.15, -0.1) is 12.8 Å². The molecule has 1 aliphatic rings. The zero-order valence-electron chi connectivity index (χ0n) is 20.1. The number of methoxy groups -OCH3 is 1. The van der Waals surface area contributed by atoms with Gasteiger partial charge in [0.05, 0.1) is 30.6 Å². The van der Waals surface area contributed by atoms with Gasteiger partial charge < -0.3 is 24.3 Å². The average molecular weight is 466 g/mol. The molecular weight excluding hydrogens is 434 g/mol. The molecule has 10 nitrogen and oxygen atoms in total. The van der Waals surface area contributed by atoms with E-state index in [1.165, 1.54) is 0 Å². The maximum absolute atomic E-state index is 13.3. The first kappa shape index (κ1) is 25.1. The molecule has 1 fully saturated rings. The molecule has 0 unspecified atom stereocenters. The number of nitrogens with one attached hydrogen (secondary N) is 1. The number of imidazole rings is 1. The molecule has 4 heterocycles. The Balaban J connectivity index is 0.00000158. The van der Waals surface area contributed by atoms with Crippen molar-refractivity contribution in [3.8, 4) is 24.2 Å². The van der Waals surface area contributed by atoms with Gasteiger partial charge in [0.15, 0.2) is 5.65 Å². The van der Waals surface area contributed by atoms with Crippen LogP contribution in [-0.2, 0) is 20.8 Å². The van der Waals surface area contributed by atoms with Gasteiger partial charge in [0.2, 0.25) is 5.91 Å². The first-order valence-electron chi connectivity index (χ1n) is 11.2. The van der Waals surface area contributed by atoms with E-state index >= 15 is 0 Å². The first-order chi connectivity index (χ1) is 16.5. The molecule has 180 valence electrons. The summed E-state index contributed by atoms with van der Waals surface area (Å²) in [7, 11) is 1.61. The fraction of sp³-hybridized carbons (Fsp3) is 0.458. The normalized spacial score (nSPS) is 15.3. The smallest absolute Gasteiger partial charge is 0.247 e. The molecule has 0 radical (unpaired) electrons. The number of fused-ring (bicyclic) bond motifs is 1. The molecule has 1 aliphatic heterocycles. The minimum absolute atomic E-state index is 0.0188. The van der Waals surface area contributed by atoms with Crippen molar-refractivity contribution in [3.63, 3.8) is 0 Å². The van der Waals surface area contributed by atoms with Crippen LogP contribution in [0.4, 0.5) is 5.69 Å². The van der Waals surface area contributed by atoms with Crippen LogP contribution in [-0.4, -0.2) is 80.9 Å². The van der Waals surface area contributed by atoms with Crippen LogP contribution >= 0.6 is 0 Å². The highest BCUT2D eigenvalue weighted by Gasteiger charge is 2.31. The van der Waals surface area contributed by atoms with Crippen molar-refractivity contribution < 1.29 is 14.3 Å². The molecule has 0 aliphatic carbocycles. The van der Waals surface area contributed by atoms with Crippen LogP contribution in [0.2, 0.25) is 0 Å². The van der Waals surface area contributed by atoms with Crippen LogP contribution < -0.4 is 5.32 Å². The van der Waals surface area contributed by atoms with Crippen LogP contribution in [0.5, 0.6) is 0 Å². The number of hydrogen-bond donors (Lipinski definition) is 1. The summed E-state index contributed by atoms with van der Waals surface area (Å²) >= 11 is 0. The lowest BCUT2D eigenvalue weighted by molar-refractivity contribution is -0.138. The molecule has 2 atom stereocenters. The Morgan fingerprint density at radius 3 is 2.53 bits per heavy atom. The molecule has 1 amide bonds. The van der Waals surface area contributed by atoms with E-state index in [0.29, 0.717) is 44.2 Å². The summed E-state index contributed by atoms with van der Waals surface area (Å²) in [6, 6.07) is 1.27. The molecule has 0 spiro atoms. The fourth-order valence-electron chi connectivity index (χ4n) is 3.83. The Morgan fingerprint density at radius 1 is 1.24 bits per heavy atom. The number of nitrogens with zero attached hydrogens (tertiary/aromatic N) is 6. The van der Waals surface area contributed by atoms with Gasteiger partial charge in [0, 0.05) is 45.3 Å². The summed E-state index contributed by atoms with van der Waals surface area (Å²) in [5.74, 6) is 1.42. The van der Waals surface area contributed by atoms with Crippen LogP contribution in [0.3, 0.4) is 0 Å². The van der Waals surface area contributed by atoms with E-state index in [4.69, 9.17) is 14.5 Å². The van der Waals surface area contributed by atoms with Gasteiger partial charge in [-0.05, 0) is 26.8 Å². The molecular formula is C24H31N7O3. The maximum Gasteiger partial charge on any atom is 0.247 e. The molecule has 0 saturated carbocycles. The molecule has 34 heavy (non-hydrogen) atoms. The van der Waals surface area contributed by atoms with E-state index in [0.717, 1.165) is 22.7 Å². The molecule has 3 aromatic heterocycles. The molecule has 3 aromatic rings. The minimum Gasteiger partial charge on any atom is -0.379 e. The van der Waals surface area contributed by atoms with Gasteiger partial charge in [0.1, 0.15) is 23.2 Å². The molecule has 4 rings (SSSR count). The number of carbonyl (C=O) groups excluding carboxylic acids is 1. The number of aromatic nitrogens is 5. The Labute approximate surface area is 199 Å². The van der Waals surface area contributed by atoms with Gasteiger partial charge in [0.25, 0.3) is 0 Å². The number of carbonyl (C=O) groups is 1. The average Bonchev–Trinajstić information content (AvgIpc) is 3.28. The zero-order valence-corrected chi connectivity index (χ0v) is 20.1. The molecule has 0 aromatic carbocycles. The Kier molecular flexibility index (Phi) is 8.51. The highest BCUT2D eigenvalue weighted by molar-refractivity contribution is 5.92. The van der Waals surface area contributed by atoms with Crippen molar-refractivity contribution in [1.29, 1.82) is 0 Å². The Hall–Kier alpha value is -3.55. The second-order valence-corrected chi connectivity index (χ2v) is 7.73. The largest absolute Gasteiger partial charge is 0.379 e. The van der Waals surface area contributed by atoms with E-state index in [2.05, 4.69) is 33.1 Å². The van der Waals surface area contributed by atoms with E-state index in [1.807, 2.05) is 36.3 Å². The van der Waals surface area contributed by atoms with Gasteiger partial charge in [-0.3, -0.25) is 4.79 Å². The number of ether oxygens (including phenoxy) is 2. The summed E-state index contributed by atoms with van der Waals surface area (Å²) < 4.78 is 13.0. The van der Waals surface area contributed by atoms with Gasteiger partial charge >= 0.3 is 0 Å². The van der Waals surface area contributed by atoms with Crippen molar-refractivity contribution >= 4 is 22.8 Å². The number of terminal acetylenes is 1. The quantitative estimate of drug-likeness (QED) is 0.529. The number of aryl methyl sites for hydroxylation is 2. The SMILES string of the molecule is C#C.CCn1c(-c2cnc(C)nc2)nc2c(N[C@H](C(=O)N3CCOCC3)[C@@H](C)OC)ccnc21. The van der Waals surface area contributed by atoms with Crippen molar-refractivity contribution in [2.45, 2.75) is 39.5 Å². The monoisotopic (exact) mass is 465 g/mol. The van der Waals surface area contributed by atoms with Crippen molar-refractivity contribution in [2.75, 3.05) is 38.7 Å². The lowest BCUT2D eigenvalue weighted by Gasteiger charge is -2.33. The van der Waals surface area contributed by atoms with Crippen LogP contribution in [0.15, 0.2) is 24.7 Å². The van der Waals surface area contributed by atoms with Crippen molar-refractivity contribution in [1.82, 2.24) is 29.4 Å². The summed E-state index contributed by atoms with van der Waals surface area (Å²) in [4.78, 5) is 33.1. The van der Waals surface area contributed by atoms with E-state index < -0.39 is 6.04 Å². The lowest BCUT2D eigenvalue weighted by atomic mass is 10.1. The number of morpholine rings is 1. The van der Waals surface area contributed by atoms with Crippen LogP contribution in [0.1, 0.15) is 19.7 Å². The lowest BCUT2D eigenvalue weighted by Crippen LogP contribution is -2.52. The van der Waals surface area contributed by atoms with Crippen molar-refractivity contribution in [2.24, 2.45) is 0 Å². The Bertz CT molecular complexity index is 1120. The topological polar surface area (TPSA) is 107 Å². The molecule has 10 heteroatoms. The van der Waals surface area contributed by atoms with E-state index in [9.17, 15) is 4.79 Å². The van der Waals surface area contributed by atoms with Crippen LogP contribution in [0.25, 0.3) is 22.6 Å². The van der Waals surface area contributed by atoms with E-state index in [1.54, 1.807) is 25.7 Å². The fourth-order valence-corrected chi connectivity index (χ4v) is 3.83. The number of hydrogen-bond acceptors (Lipinski definition) is 8. The Morgan fingerprint density at radius 2 is 1.91 bits per heavy atom. The summed E-state index contributed by atoms with van der Waals surface area (Å²) in [6.07, 6.45) is 12.9. The maximum atomic E-state index is 13.3. The third kappa shape index (κ3) is 5.16. The number of amides is 1. The second-order valence-electron chi connectivity index (χ2n) is 7.73. The number of pyridine rings is 1. The molecule has 0 bridgehead atoms. The third-order valence-corrected chi connectivity index (χ3v) is 5.73. The standard InChI is InChI=1S/C22H29N7O3.C2H2/c1-5-29-20(16-12-24-15(3)25-13-16)27-19-17(6-7-23-21(19)29)26-18(14(2)31-4)22(30)28-8-10-32-11-9-28;1-2/h6-7,12-14,18H,5,8-11H2,1-4H3,(H,23,26);1-2H/t14-,18+;/m1./s1. The predicted octanol–water partition coefficient (Wildman–Crippen LogP) is 2.14. The predicted molar refractivity (Wildman–Crippen MR) is 130 cm³/mol.